The Morgan fingerprint density at radius 1 is 1.40 bits per heavy atom. The summed E-state index contributed by atoms with van der Waals surface area (Å²) in [4.78, 5) is 18.1. The van der Waals surface area contributed by atoms with Crippen LogP contribution in [-0.4, -0.2) is 14.9 Å². The highest BCUT2D eigenvalue weighted by Gasteiger charge is 2.16. The van der Waals surface area contributed by atoms with Gasteiger partial charge in [0.05, 0.1) is 34.6 Å². The van der Waals surface area contributed by atoms with Gasteiger partial charge in [0.1, 0.15) is 11.8 Å². The minimum Gasteiger partial charge on any atom is -0.480 e. The molecule has 0 aliphatic heterocycles. The van der Waals surface area contributed by atoms with Crippen LogP contribution in [0.25, 0.3) is 0 Å². The number of hydrogen-bond acceptors (Lipinski definition) is 6. The van der Waals surface area contributed by atoms with Gasteiger partial charge in [0.2, 0.25) is 0 Å². The van der Waals surface area contributed by atoms with E-state index in [9.17, 15) is 10.1 Å². The van der Waals surface area contributed by atoms with Gasteiger partial charge in [-0.2, -0.15) is 5.26 Å². The first-order valence-electron chi connectivity index (χ1n) is 5.38. The highest BCUT2D eigenvalue weighted by atomic mass is 35.5. The summed E-state index contributed by atoms with van der Waals surface area (Å²) in [7, 11) is 0. The Hall–Kier alpha value is -2.72. The average molecular weight is 291 g/mol. The highest BCUT2D eigenvalue weighted by molar-refractivity contribution is 6.29. The smallest absolute Gasteiger partial charge is 0.312 e. The van der Waals surface area contributed by atoms with E-state index < -0.39 is 4.92 Å². The maximum absolute atomic E-state index is 10.9. The minimum atomic E-state index is -0.607. The van der Waals surface area contributed by atoms with Gasteiger partial charge in [-0.3, -0.25) is 15.1 Å². The van der Waals surface area contributed by atoms with Gasteiger partial charge < -0.3 is 4.74 Å². The van der Waals surface area contributed by atoms with Crippen LogP contribution in [0.3, 0.4) is 0 Å². The molecule has 0 N–H and O–H groups in total. The summed E-state index contributed by atoms with van der Waals surface area (Å²) in [6.07, 6.45) is 2.77. The van der Waals surface area contributed by atoms with Crippen molar-refractivity contribution in [3.05, 3.63) is 57.1 Å². The Kier molecular flexibility index (Phi) is 4.08. The predicted molar refractivity (Wildman–Crippen MR) is 69.2 cm³/mol. The SMILES string of the molecule is N#Cc1ccc(OCc2cnc(Cl)cn2)c([N+](=O)[O-])c1. The molecule has 20 heavy (non-hydrogen) atoms. The zero-order valence-electron chi connectivity index (χ0n) is 9.99. The van der Waals surface area contributed by atoms with Gasteiger partial charge in [-0.15, -0.1) is 0 Å². The van der Waals surface area contributed by atoms with Gasteiger partial charge in [-0.25, -0.2) is 4.98 Å². The molecular formula is C12H7ClN4O3. The number of halogens is 1. The maximum Gasteiger partial charge on any atom is 0.312 e. The molecule has 0 fully saturated rings. The number of nitrogens with zero attached hydrogens (tertiary/aromatic N) is 4. The molecule has 0 aliphatic rings. The second-order valence-electron chi connectivity index (χ2n) is 3.67. The molecule has 0 bridgehead atoms. The fraction of sp³-hybridized carbons (Fsp3) is 0.0833. The molecule has 8 heteroatoms. The monoisotopic (exact) mass is 290 g/mol. The van der Waals surface area contributed by atoms with Crippen LogP contribution in [0.1, 0.15) is 11.3 Å². The molecule has 1 aromatic heterocycles. The first-order chi connectivity index (χ1) is 9.60. The Labute approximate surface area is 118 Å². The van der Waals surface area contributed by atoms with E-state index in [0.717, 1.165) is 6.07 Å². The first-order valence-corrected chi connectivity index (χ1v) is 5.75. The third-order valence-corrected chi connectivity index (χ3v) is 2.53. The zero-order valence-corrected chi connectivity index (χ0v) is 10.7. The van der Waals surface area contributed by atoms with Crippen molar-refractivity contribution in [3.63, 3.8) is 0 Å². The zero-order chi connectivity index (χ0) is 14.5. The van der Waals surface area contributed by atoms with Gasteiger partial charge in [-0.05, 0) is 12.1 Å². The van der Waals surface area contributed by atoms with E-state index in [1.54, 1.807) is 0 Å². The van der Waals surface area contributed by atoms with E-state index in [4.69, 9.17) is 21.6 Å². The van der Waals surface area contributed by atoms with Gasteiger partial charge in [0.25, 0.3) is 0 Å². The molecule has 0 saturated heterocycles. The molecule has 0 unspecified atom stereocenters. The number of hydrogen-bond donors (Lipinski definition) is 0. The van der Waals surface area contributed by atoms with Crippen LogP contribution in [-0.2, 0) is 6.61 Å². The van der Waals surface area contributed by atoms with Crippen LogP contribution in [0.4, 0.5) is 5.69 Å². The van der Waals surface area contributed by atoms with Crippen LogP contribution in [0, 0.1) is 21.4 Å². The largest absolute Gasteiger partial charge is 0.480 e. The Balaban J connectivity index is 2.19. The van der Waals surface area contributed by atoms with Crippen LogP contribution in [0.15, 0.2) is 30.6 Å². The summed E-state index contributed by atoms with van der Waals surface area (Å²) in [5.41, 5.74) is 0.398. The molecule has 2 aromatic rings. The number of nitriles is 1. The summed E-state index contributed by atoms with van der Waals surface area (Å²) in [6, 6.07) is 5.80. The number of ether oxygens (including phenoxy) is 1. The number of benzene rings is 1. The van der Waals surface area contributed by atoms with Crippen molar-refractivity contribution in [1.82, 2.24) is 9.97 Å². The fourth-order valence-electron chi connectivity index (χ4n) is 1.42. The molecule has 7 nitrogen and oxygen atoms in total. The van der Waals surface area contributed by atoms with Crippen molar-refractivity contribution in [1.29, 1.82) is 5.26 Å². The summed E-state index contributed by atoms with van der Waals surface area (Å²) in [5, 5.41) is 19.9. The summed E-state index contributed by atoms with van der Waals surface area (Å²) in [5.74, 6) is 0.0609. The van der Waals surface area contributed by atoms with Crippen molar-refractivity contribution in [2.45, 2.75) is 6.61 Å². The molecule has 2 rings (SSSR count). The number of nitro benzene ring substituents is 1. The van der Waals surface area contributed by atoms with Gasteiger partial charge in [-0.1, -0.05) is 11.6 Å². The molecule has 0 saturated carbocycles. The van der Waals surface area contributed by atoms with E-state index >= 15 is 0 Å². The quantitative estimate of drug-likeness (QED) is 0.633. The Morgan fingerprint density at radius 2 is 2.20 bits per heavy atom. The van der Waals surface area contributed by atoms with Crippen LogP contribution in [0.5, 0.6) is 5.75 Å². The normalized spacial score (nSPS) is 9.80. The number of rotatable bonds is 4. The lowest BCUT2D eigenvalue weighted by atomic mass is 10.2. The van der Waals surface area contributed by atoms with Crippen LogP contribution >= 0.6 is 11.6 Å². The number of aromatic nitrogens is 2. The van der Waals surface area contributed by atoms with Gasteiger partial charge >= 0.3 is 5.69 Å². The lowest BCUT2D eigenvalue weighted by Crippen LogP contribution is -2.01. The molecule has 1 aromatic carbocycles. The van der Waals surface area contributed by atoms with Crippen molar-refractivity contribution in [2.75, 3.05) is 0 Å². The highest BCUT2D eigenvalue weighted by Crippen LogP contribution is 2.28. The lowest BCUT2D eigenvalue weighted by Gasteiger charge is -2.06. The van der Waals surface area contributed by atoms with Crippen LogP contribution in [0.2, 0.25) is 5.15 Å². The van der Waals surface area contributed by atoms with Crippen molar-refractivity contribution < 1.29 is 9.66 Å². The van der Waals surface area contributed by atoms with Gasteiger partial charge in [0.15, 0.2) is 5.75 Å². The minimum absolute atomic E-state index is 0.0108. The lowest BCUT2D eigenvalue weighted by molar-refractivity contribution is -0.386. The molecular weight excluding hydrogens is 284 g/mol. The van der Waals surface area contributed by atoms with Crippen molar-refractivity contribution in [2.24, 2.45) is 0 Å². The molecule has 0 radical (unpaired) electrons. The molecule has 0 spiro atoms. The summed E-state index contributed by atoms with van der Waals surface area (Å²) < 4.78 is 5.33. The summed E-state index contributed by atoms with van der Waals surface area (Å²) in [6.45, 7) is 0.0108. The molecule has 0 aliphatic carbocycles. The summed E-state index contributed by atoms with van der Waals surface area (Å²) >= 11 is 5.59. The Bertz CT molecular complexity index is 682. The second kappa shape index (κ2) is 5.95. The average Bonchev–Trinajstić information content (AvgIpc) is 2.46. The second-order valence-corrected chi connectivity index (χ2v) is 4.06. The predicted octanol–water partition coefficient (Wildman–Crippen LogP) is 2.49. The topological polar surface area (TPSA) is 102 Å². The standard InChI is InChI=1S/C12H7ClN4O3/c13-12-6-15-9(5-16-12)7-20-11-2-1-8(4-14)3-10(11)17(18)19/h1-3,5-6H,7H2. The fourth-order valence-corrected chi connectivity index (χ4v) is 1.51. The third-order valence-electron chi connectivity index (χ3n) is 2.33. The molecule has 0 amide bonds. The molecule has 1 heterocycles. The Morgan fingerprint density at radius 3 is 2.80 bits per heavy atom. The van der Waals surface area contributed by atoms with E-state index in [1.165, 1.54) is 24.5 Å². The van der Waals surface area contributed by atoms with E-state index in [2.05, 4.69) is 9.97 Å². The maximum atomic E-state index is 10.9. The first kappa shape index (κ1) is 13.7. The molecule has 100 valence electrons. The van der Waals surface area contributed by atoms with Crippen molar-refractivity contribution in [3.8, 4) is 11.8 Å². The van der Waals surface area contributed by atoms with Crippen LogP contribution < -0.4 is 4.74 Å². The van der Waals surface area contributed by atoms with E-state index in [1.807, 2.05) is 6.07 Å². The van der Waals surface area contributed by atoms with E-state index in [0.29, 0.717) is 5.69 Å². The van der Waals surface area contributed by atoms with Crippen molar-refractivity contribution >= 4 is 17.3 Å². The third kappa shape index (κ3) is 3.18. The molecule has 0 atom stereocenters. The number of nitro groups is 1. The van der Waals surface area contributed by atoms with Gasteiger partial charge in [0, 0.05) is 6.07 Å². The van der Waals surface area contributed by atoms with E-state index in [-0.39, 0.29) is 28.8 Å².